The number of sulfonamides is 1. The molecule has 0 aliphatic rings. The van der Waals surface area contributed by atoms with Crippen molar-refractivity contribution in [3.63, 3.8) is 0 Å². The molecule has 0 aliphatic heterocycles. The van der Waals surface area contributed by atoms with Crippen LogP contribution in [0.2, 0.25) is 0 Å². The second-order valence-corrected chi connectivity index (χ2v) is 7.44. The Labute approximate surface area is 148 Å². The second kappa shape index (κ2) is 7.87. The van der Waals surface area contributed by atoms with Gasteiger partial charge in [-0.1, -0.05) is 0 Å². The van der Waals surface area contributed by atoms with E-state index in [0.717, 1.165) is 13.2 Å². The number of pyridine rings is 1. The van der Waals surface area contributed by atoms with E-state index < -0.39 is 41.7 Å². The zero-order chi connectivity index (χ0) is 19.4. The maximum Gasteiger partial charge on any atom is 0.406 e. The number of carbonyl (C=O) groups excluding carboxylic acids is 1. The third kappa shape index (κ3) is 5.30. The molecule has 26 heavy (non-hydrogen) atoms. The normalized spacial score (nSPS) is 12.3. The SMILES string of the molecule is CN(CC(=O)N(Cc1ccco1)CC(F)(F)F)S(=O)(=O)c1cccnc1. The summed E-state index contributed by atoms with van der Waals surface area (Å²) in [5.41, 5.74) is 0. The summed E-state index contributed by atoms with van der Waals surface area (Å²) in [4.78, 5) is 16.3. The zero-order valence-electron chi connectivity index (χ0n) is 13.7. The number of carbonyl (C=O) groups is 1. The molecule has 2 aromatic heterocycles. The molecule has 7 nitrogen and oxygen atoms in total. The van der Waals surface area contributed by atoms with E-state index in [-0.39, 0.29) is 10.7 Å². The van der Waals surface area contributed by atoms with Gasteiger partial charge in [0.15, 0.2) is 0 Å². The van der Waals surface area contributed by atoms with E-state index in [1.54, 1.807) is 0 Å². The van der Waals surface area contributed by atoms with E-state index in [2.05, 4.69) is 4.98 Å². The summed E-state index contributed by atoms with van der Waals surface area (Å²) in [6.07, 6.45) is -0.904. The molecule has 142 valence electrons. The van der Waals surface area contributed by atoms with E-state index >= 15 is 0 Å². The Morgan fingerprint density at radius 1 is 1.27 bits per heavy atom. The molecule has 2 rings (SSSR count). The van der Waals surface area contributed by atoms with Crippen LogP contribution in [0, 0.1) is 0 Å². The summed E-state index contributed by atoms with van der Waals surface area (Å²) in [7, 11) is -2.94. The standard InChI is InChI=1S/C15H16F3N3O4S/c1-20(26(23,24)13-5-2-6-19-8-13)10-14(22)21(11-15(16,17)18)9-12-4-3-7-25-12/h2-8H,9-11H2,1H3. The first kappa shape index (κ1) is 19.9. The quantitative estimate of drug-likeness (QED) is 0.720. The van der Waals surface area contributed by atoms with Gasteiger partial charge in [-0.3, -0.25) is 9.78 Å². The van der Waals surface area contributed by atoms with Crippen LogP contribution in [0.1, 0.15) is 5.76 Å². The number of aromatic nitrogens is 1. The molecule has 0 spiro atoms. The Kier molecular flexibility index (Phi) is 6.03. The molecule has 2 aromatic rings. The van der Waals surface area contributed by atoms with E-state index in [9.17, 15) is 26.4 Å². The summed E-state index contributed by atoms with van der Waals surface area (Å²) < 4.78 is 68.7. The fourth-order valence-electron chi connectivity index (χ4n) is 2.09. The number of likely N-dealkylation sites (N-methyl/N-ethyl adjacent to an activating group) is 1. The predicted molar refractivity (Wildman–Crippen MR) is 84.2 cm³/mol. The Morgan fingerprint density at radius 3 is 2.54 bits per heavy atom. The van der Waals surface area contributed by atoms with Gasteiger partial charge in [0.05, 0.1) is 19.4 Å². The molecule has 0 atom stereocenters. The minimum absolute atomic E-state index is 0.153. The Balaban J connectivity index is 2.15. The van der Waals surface area contributed by atoms with Crippen LogP contribution in [0.4, 0.5) is 13.2 Å². The number of nitrogens with zero attached hydrogens (tertiary/aromatic N) is 3. The molecular weight excluding hydrogens is 375 g/mol. The molecule has 11 heteroatoms. The molecule has 0 aliphatic carbocycles. The molecule has 0 saturated carbocycles. The second-order valence-electron chi connectivity index (χ2n) is 5.39. The number of amides is 1. The number of hydrogen-bond acceptors (Lipinski definition) is 5. The minimum Gasteiger partial charge on any atom is -0.467 e. The third-order valence-corrected chi connectivity index (χ3v) is 5.14. The number of rotatable bonds is 7. The van der Waals surface area contributed by atoms with Crippen molar-refractivity contribution < 1.29 is 30.8 Å². The fourth-order valence-corrected chi connectivity index (χ4v) is 3.18. The summed E-state index contributed by atoms with van der Waals surface area (Å²) in [6.45, 7) is -2.70. The van der Waals surface area contributed by atoms with Crippen molar-refractivity contribution in [3.05, 3.63) is 48.7 Å². The van der Waals surface area contributed by atoms with Gasteiger partial charge in [0.2, 0.25) is 15.9 Å². The molecule has 0 bridgehead atoms. The molecule has 0 saturated heterocycles. The van der Waals surface area contributed by atoms with Crippen molar-refractivity contribution in [2.75, 3.05) is 20.1 Å². The molecule has 0 fully saturated rings. The highest BCUT2D eigenvalue weighted by Gasteiger charge is 2.34. The Hall–Kier alpha value is -2.40. The van der Waals surface area contributed by atoms with Gasteiger partial charge in [-0.25, -0.2) is 8.42 Å². The van der Waals surface area contributed by atoms with Gasteiger partial charge in [0.1, 0.15) is 17.2 Å². The van der Waals surface area contributed by atoms with Gasteiger partial charge in [-0.15, -0.1) is 0 Å². The fraction of sp³-hybridized carbons (Fsp3) is 0.333. The van der Waals surface area contributed by atoms with Crippen molar-refractivity contribution >= 4 is 15.9 Å². The number of furan rings is 1. The van der Waals surface area contributed by atoms with Crippen molar-refractivity contribution in [3.8, 4) is 0 Å². The molecule has 0 aromatic carbocycles. The van der Waals surface area contributed by atoms with Crippen LogP contribution >= 0.6 is 0 Å². The topological polar surface area (TPSA) is 83.7 Å². The zero-order valence-corrected chi connectivity index (χ0v) is 14.5. The highest BCUT2D eigenvalue weighted by molar-refractivity contribution is 7.89. The molecule has 2 heterocycles. The lowest BCUT2D eigenvalue weighted by molar-refractivity contribution is -0.162. The van der Waals surface area contributed by atoms with E-state index in [1.165, 1.54) is 36.7 Å². The summed E-state index contributed by atoms with van der Waals surface area (Å²) in [5.74, 6) is -0.853. The van der Waals surface area contributed by atoms with Crippen molar-refractivity contribution in [1.82, 2.24) is 14.2 Å². The number of halogens is 3. The van der Waals surface area contributed by atoms with Crippen molar-refractivity contribution in [1.29, 1.82) is 0 Å². The van der Waals surface area contributed by atoms with Crippen LogP contribution < -0.4 is 0 Å². The van der Waals surface area contributed by atoms with Gasteiger partial charge in [0.25, 0.3) is 0 Å². The first-order valence-electron chi connectivity index (χ1n) is 7.33. The average Bonchev–Trinajstić information content (AvgIpc) is 3.06. The molecule has 0 unspecified atom stereocenters. The monoisotopic (exact) mass is 391 g/mol. The lowest BCUT2D eigenvalue weighted by Gasteiger charge is -2.25. The van der Waals surface area contributed by atoms with Crippen molar-refractivity contribution in [2.45, 2.75) is 17.6 Å². The van der Waals surface area contributed by atoms with Crippen LogP contribution in [0.25, 0.3) is 0 Å². The van der Waals surface area contributed by atoms with E-state index in [1.807, 2.05) is 0 Å². The highest BCUT2D eigenvalue weighted by Crippen LogP contribution is 2.19. The summed E-state index contributed by atoms with van der Waals surface area (Å²) >= 11 is 0. The van der Waals surface area contributed by atoms with Crippen LogP contribution in [0.15, 0.2) is 52.2 Å². The summed E-state index contributed by atoms with van der Waals surface area (Å²) in [5, 5.41) is 0. The first-order chi connectivity index (χ1) is 12.1. The highest BCUT2D eigenvalue weighted by atomic mass is 32.2. The predicted octanol–water partition coefficient (Wildman–Crippen LogP) is 1.89. The van der Waals surface area contributed by atoms with Gasteiger partial charge >= 0.3 is 6.18 Å². The maximum absolute atomic E-state index is 12.8. The van der Waals surface area contributed by atoms with Crippen LogP contribution in [0.5, 0.6) is 0 Å². The molecule has 0 N–H and O–H groups in total. The minimum atomic E-state index is -4.64. The van der Waals surface area contributed by atoms with E-state index in [4.69, 9.17) is 4.42 Å². The maximum atomic E-state index is 12.8. The first-order valence-corrected chi connectivity index (χ1v) is 8.77. The van der Waals surface area contributed by atoms with Crippen LogP contribution in [-0.4, -0.2) is 54.8 Å². The lowest BCUT2D eigenvalue weighted by Crippen LogP contribution is -2.44. The van der Waals surface area contributed by atoms with E-state index in [0.29, 0.717) is 9.21 Å². The van der Waals surface area contributed by atoms with Gasteiger partial charge < -0.3 is 9.32 Å². The molecular formula is C15H16F3N3O4S. The Morgan fingerprint density at radius 2 is 2.00 bits per heavy atom. The van der Waals surface area contributed by atoms with Gasteiger partial charge in [0, 0.05) is 19.4 Å². The van der Waals surface area contributed by atoms with Gasteiger partial charge in [-0.2, -0.15) is 17.5 Å². The Bertz CT molecular complexity index is 824. The average molecular weight is 391 g/mol. The lowest BCUT2D eigenvalue weighted by atomic mass is 10.3. The van der Waals surface area contributed by atoms with Crippen molar-refractivity contribution in [2.24, 2.45) is 0 Å². The smallest absolute Gasteiger partial charge is 0.406 e. The molecule has 0 radical (unpaired) electrons. The number of hydrogen-bond donors (Lipinski definition) is 0. The largest absolute Gasteiger partial charge is 0.467 e. The van der Waals surface area contributed by atoms with Gasteiger partial charge in [-0.05, 0) is 24.3 Å². The summed E-state index contributed by atoms with van der Waals surface area (Å²) in [6, 6.07) is 5.58. The van der Waals surface area contributed by atoms with Crippen LogP contribution in [0.3, 0.4) is 0 Å². The number of alkyl halides is 3. The van der Waals surface area contributed by atoms with Crippen LogP contribution in [-0.2, 0) is 21.4 Å². The molecule has 1 amide bonds. The third-order valence-electron chi connectivity index (χ3n) is 3.35.